The summed E-state index contributed by atoms with van der Waals surface area (Å²) in [4.78, 5) is 5.45. The van der Waals surface area contributed by atoms with Crippen LogP contribution in [0.5, 0.6) is 0 Å². The van der Waals surface area contributed by atoms with Crippen molar-refractivity contribution in [2.45, 2.75) is 6.17 Å². The fourth-order valence-electron chi connectivity index (χ4n) is 8.32. The van der Waals surface area contributed by atoms with Crippen LogP contribution in [-0.2, 0) is 0 Å². The average molecular weight is 654 g/mol. The minimum atomic E-state index is -0.309. The van der Waals surface area contributed by atoms with Crippen molar-refractivity contribution >= 4 is 77.1 Å². The molecule has 7 aromatic carbocycles. The predicted molar refractivity (Wildman–Crippen MR) is 213 cm³/mol. The van der Waals surface area contributed by atoms with E-state index in [0.717, 1.165) is 45.0 Å². The summed E-state index contributed by atoms with van der Waals surface area (Å²) < 4.78 is 7.19. The van der Waals surface area contributed by atoms with E-state index in [1.807, 2.05) is 0 Å². The number of hydrogen-bond donors (Lipinski definition) is 1. The zero-order chi connectivity index (χ0) is 33.5. The highest BCUT2D eigenvalue weighted by molar-refractivity contribution is 6.25. The minimum absolute atomic E-state index is 0.309. The summed E-state index contributed by atoms with van der Waals surface area (Å²) >= 11 is 0. The van der Waals surface area contributed by atoms with Crippen molar-refractivity contribution in [1.29, 1.82) is 0 Å². The van der Waals surface area contributed by atoms with Crippen molar-refractivity contribution in [3.05, 3.63) is 181 Å². The molecule has 4 heterocycles. The Labute approximate surface area is 293 Å². The van der Waals surface area contributed by atoms with Crippen molar-refractivity contribution in [2.24, 2.45) is 4.99 Å². The van der Waals surface area contributed by atoms with Crippen LogP contribution in [0.4, 0.5) is 0 Å². The van der Waals surface area contributed by atoms with E-state index in [1.54, 1.807) is 0 Å². The highest BCUT2D eigenvalue weighted by Crippen LogP contribution is 2.42. The minimum Gasteiger partial charge on any atom is -0.346 e. The molecular formula is C46H31N5. The monoisotopic (exact) mass is 653 g/mol. The molecule has 0 amide bonds. The van der Waals surface area contributed by atoms with Crippen molar-refractivity contribution < 1.29 is 0 Å². The number of rotatable bonds is 3. The Bertz CT molecular complexity index is 3000. The van der Waals surface area contributed by atoms with Crippen LogP contribution in [0.1, 0.15) is 11.7 Å². The van der Waals surface area contributed by atoms with E-state index < -0.39 is 0 Å². The highest BCUT2D eigenvalue weighted by atomic mass is 15.3. The van der Waals surface area contributed by atoms with Gasteiger partial charge < -0.3 is 9.88 Å². The number of allylic oxidation sites excluding steroid dienone is 1. The number of para-hydroxylation sites is 5. The number of aromatic nitrogens is 3. The molecule has 0 bridgehead atoms. The second kappa shape index (κ2) is 10.8. The third-order valence-electron chi connectivity index (χ3n) is 10.5. The molecular weight excluding hydrogens is 623 g/mol. The first-order valence-electron chi connectivity index (χ1n) is 17.4. The van der Waals surface area contributed by atoms with Gasteiger partial charge in [0, 0.05) is 44.1 Å². The largest absolute Gasteiger partial charge is 0.346 e. The lowest BCUT2D eigenvalue weighted by atomic mass is 10.1. The smallest absolute Gasteiger partial charge is 0.148 e. The summed E-state index contributed by atoms with van der Waals surface area (Å²) in [6, 6.07) is 60.7. The van der Waals surface area contributed by atoms with Gasteiger partial charge in [0.2, 0.25) is 0 Å². The summed E-state index contributed by atoms with van der Waals surface area (Å²) in [6.07, 6.45) is 1.93. The lowest BCUT2D eigenvalue weighted by Gasteiger charge is -2.27. The highest BCUT2D eigenvalue weighted by Gasteiger charge is 2.26. The topological polar surface area (TPSA) is 39.2 Å². The summed E-state index contributed by atoms with van der Waals surface area (Å²) in [5, 5.41) is 11.2. The maximum absolute atomic E-state index is 5.45. The van der Waals surface area contributed by atoms with Gasteiger partial charge in [-0.3, -0.25) is 9.13 Å². The third-order valence-corrected chi connectivity index (χ3v) is 10.5. The van der Waals surface area contributed by atoms with E-state index >= 15 is 0 Å². The van der Waals surface area contributed by atoms with Crippen molar-refractivity contribution in [2.75, 3.05) is 0 Å². The molecule has 0 saturated carbocycles. The summed E-state index contributed by atoms with van der Waals surface area (Å²) in [6.45, 7) is 0. The maximum Gasteiger partial charge on any atom is 0.148 e. The molecule has 1 N–H and O–H groups in total. The van der Waals surface area contributed by atoms with E-state index in [-0.39, 0.29) is 6.17 Å². The molecule has 3 aromatic heterocycles. The first-order chi connectivity index (χ1) is 25.3. The number of aliphatic imine (C=N–C) groups is 1. The fourth-order valence-corrected chi connectivity index (χ4v) is 8.32. The maximum atomic E-state index is 5.45. The first-order valence-corrected chi connectivity index (χ1v) is 17.4. The van der Waals surface area contributed by atoms with Gasteiger partial charge in [-0.2, -0.15) is 0 Å². The van der Waals surface area contributed by atoms with Crippen LogP contribution in [0.2, 0.25) is 0 Å². The predicted octanol–water partition coefficient (Wildman–Crippen LogP) is 11.0. The van der Waals surface area contributed by atoms with E-state index in [9.17, 15) is 0 Å². The van der Waals surface area contributed by atoms with Crippen molar-refractivity contribution in [3.63, 3.8) is 0 Å². The Balaban J connectivity index is 1.28. The van der Waals surface area contributed by atoms with Gasteiger partial charge in [-0.15, -0.1) is 0 Å². The van der Waals surface area contributed by atoms with E-state index in [2.05, 4.69) is 195 Å². The second-order valence-corrected chi connectivity index (χ2v) is 13.2. The number of fused-ring (bicyclic) bond motifs is 10. The Morgan fingerprint density at radius 3 is 1.39 bits per heavy atom. The van der Waals surface area contributed by atoms with Gasteiger partial charge in [0.1, 0.15) is 17.8 Å². The molecule has 0 spiro atoms. The quantitative estimate of drug-likeness (QED) is 0.202. The molecule has 5 nitrogen and oxygen atoms in total. The fraction of sp³-hybridized carbons (Fsp3) is 0.0217. The molecule has 10 aromatic rings. The molecule has 1 unspecified atom stereocenters. The summed E-state index contributed by atoms with van der Waals surface area (Å²) in [5.74, 6) is 1.86. The molecule has 0 radical (unpaired) electrons. The van der Waals surface area contributed by atoms with Crippen LogP contribution in [0.3, 0.4) is 0 Å². The number of hydrogen-bond acceptors (Lipinski definition) is 2. The first kappa shape index (κ1) is 28.0. The molecule has 0 aliphatic carbocycles. The Morgan fingerprint density at radius 2 is 0.824 bits per heavy atom. The van der Waals surface area contributed by atoms with Crippen molar-refractivity contribution in [1.82, 2.24) is 19.0 Å². The number of nitrogens with zero attached hydrogens (tertiary/aromatic N) is 4. The Morgan fingerprint density at radius 1 is 0.392 bits per heavy atom. The number of nitrogens with one attached hydrogen (secondary N) is 1. The van der Waals surface area contributed by atoms with E-state index in [1.165, 1.54) is 43.4 Å². The summed E-state index contributed by atoms with van der Waals surface area (Å²) in [7, 11) is 0. The van der Waals surface area contributed by atoms with Crippen LogP contribution in [0, 0.1) is 0 Å². The van der Waals surface area contributed by atoms with Crippen LogP contribution < -0.4 is 5.32 Å². The van der Waals surface area contributed by atoms with Crippen LogP contribution in [0.15, 0.2) is 181 Å². The van der Waals surface area contributed by atoms with E-state index in [0.29, 0.717) is 0 Å². The summed E-state index contributed by atoms with van der Waals surface area (Å²) in [5.41, 5.74) is 9.16. The standard InChI is InChI=1S/C46H31N5/c1-3-15-30(16-4-1)46-47-42(50-39-24-12-7-19-32(39)33-20-8-13-25-40(33)50)29-43(48-46)51-41-26-14-10-22-35(41)37-28-27-36-34-21-9-11-23-38(34)49(44(36)45(37)51)31-17-5-2-6-18-31/h1-29,46,48H. The zero-order valence-corrected chi connectivity index (χ0v) is 27.6. The van der Waals surface area contributed by atoms with Gasteiger partial charge in [-0.25, -0.2) is 4.99 Å². The second-order valence-electron chi connectivity index (χ2n) is 13.2. The van der Waals surface area contributed by atoms with Crippen LogP contribution in [0.25, 0.3) is 76.9 Å². The SMILES string of the molecule is C1=C(n2c3ccccc3c3ccc4c5ccccc5n(-c5ccccc5)c4c32)NC(c2ccccc2)N=C1n1c2ccccc2c2ccccc21. The van der Waals surface area contributed by atoms with Gasteiger partial charge in [0.05, 0.1) is 33.1 Å². The molecule has 11 rings (SSSR count). The number of benzene rings is 7. The van der Waals surface area contributed by atoms with Crippen LogP contribution >= 0.6 is 0 Å². The zero-order valence-electron chi connectivity index (χ0n) is 27.6. The molecule has 0 saturated heterocycles. The van der Waals surface area contributed by atoms with Gasteiger partial charge in [0.15, 0.2) is 0 Å². The van der Waals surface area contributed by atoms with Crippen LogP contribution in [-0.4, -0.2) is 19.5 Å². The molecule has 1 aliphatic rings. The van der Waals surface area contributed by atoms with Crippen molar-refractivity contribution in [3.8, 4) is 5.69 Å². The third kappa shape index (κ3) is 4.06. The lowest BCUT2D eigenvalue weighted by molar-refractivity contribution is 0.642. The van der Waals surface area contributed by atoms with Gasteiger partial charge in [-0.05, 0) is 42.0 Å². The molecule has 1 aliphatic heterocycles. The Hall–Kier alpha value is -6.85. The van der Waals surface area contributed by atoms with Gasteiger partial charge >= 0.3 is 0 Å². The molecule has 5 heteroatoms. The molecule has 51 heavy (non-hydrogen) atoms. The normalized spacial score (nSPS) is 14.9. The molecule has 0 fully saturated rings. The molecule has 240 valence electrons. The molecule has 1 atom stereocenters. The van der Waals surface area contributed by atoms with Gasteiger partial charge in [0.25, 0.3) is 0 Å². The lowest BCUT2D eigenvalue weighted by Crippen LogP contribution is -2.29. The van der Waals surface area contributed by atoms with Gasteiger partial charge in [-0.1, -0.05) is 133 Å². The average Bonchev–Trinajstić information content (AvgIpc) is 3.84. The Kier molecular flexibility index (Phi) is 5.95. The van der Waals surface area contributed by atoms with E-state index in [4.69, 9.17) is 4.99 Å².